The molecule has 4 rings (SSSR count). The van der Waals surface area contributed by atoms with Crippen LogP contribution in [-0.2, 0) is 28.2 Å². The summed E-state index contributed by atoms with van der Waals surface area (Å²) >= 11 is 11.5. The van der Waals surface area contributed by atoms with Crippen molar-refractivity contribution in [2.24, 2.45) is 16.1 Å². The van der Waals surface area contributed by atoms with E-state index in [1.165, 1.54) is 0 Å². The molecule has 182 valence electrons. The Morgan fingerprint density at radius 1 is 1.18 bits per heavy atom. The highest BCUT2D eigenvalue weighted by molar-refractivity contribution is 6.35. The number of carbonyl (C=O) groups is 1. The molecule has 0 aromatic heterocycles. The SMILES string of the molecule is CC(C)C(=O)N1COCc2cc(C3CC(c4cc(Cl)c(F)c(Cl)c4)(C(F)(F)F)N=N3)ccc2C1. The minimum absolute atomic E-state index is 0.0481. The molecule has 2 aromatic carbocycles. The van der Waals surface area contributed by atoms with Crippen LogP contribution < -0.4 is 0 Å². The quantitative estimate of drug-likeness (QED) is 0.326. The number of halogens is 6. The number of hydrogen-bond donors (Lipinski definition) is 0. The maximum atomic E-state index is 14.3. The summed E-state index contributed by atoms with van der Waals surface area (Å²) in [5.74, 6) is -1.23. The number of ether oxygens (including phenoxy) is 1. The zero-order chi connectivity index (χ0) is 24.8. The summed E-state index contributed by atoms with van der Waals surface area (Å²) in [7, 11) is 0. The third-order valence-corrected chi connectivity index (χ3v) is 6.62. The first kappa shape index (κ1) is 24.9. The Bertz CT molecular complexity index is 1130. The molecule has 0 saturated heterocycles. The fourth-order valence-electron chi connectivity index (χ4n) is 4.19. The van der Waals surface area contributed by atoms with Crippen molar-refractivity contribution in [2.45, 2.75) is 51.2 Å². The number of hydrogen-bond acceptors (Lipinski definition) is 4. The van der Waals surface area contributed by atoms with Gasteiger partial charge in [-0.1, -0.05) is 55.2 Å². The maximum Gasteiger partial charge on any atom is 0.419 e. The molecule has 5 nitrogen and oxygen atoms in total. The zero-order valence-electron chi connectivity index (χ0n) is 18.3. The van der Waals surface area contributed by atoms with E-state index in [0.29, 0.717) is 12.1 Å². The van der Waals surface area contributed by atoms with Gasteiger partial charge in [0, 0.05) is 18.9 Å². The van der Waals surface area contributed by atoms with Crippen LogP contribution in [0.4, 0.5) is 17.6 Å². The molecule has 2 aliphatic rings. The lowest BCUT2D eigenvalue weighted by atomic mass is 9.83. The highest BCUT2D eigenvalue weighted by Crippen LogP contribution is 2.54. The molecular formula is C23H21Cl2F4N3O2. The van der Waals surface area contributed by atoms with Gasteiger partial charge in [0.25, 0.3) is 0 Å². The van der Waals surface area contributed by atoms with Crippen molar-refractivity contribution in [1.29, 1.82) is 0 Å². The van der Waals surface area contributed by atoms with E-state index in [0.717, 1.165) is 23.3 Å². The van der Waals surface area contributed by atoms with E-state index < -0.39 is 40.0 Å². The highest BCUT2D eigenvalue weighted by atomic mass is 35.5. The maximum absolute atomic E-state index is 14.3. The molecule has 0 fully saturated rings. The normalized spacial score (nSPS) is 22.7. The average Bonchev–Trinajstić information content (AvgIpc) is 3.13. The Balaban J connectivity index is 1.65. The minimum atomic E-state index is -4.82. The largest absolute Gasteiger partial charge is 0.419 e. The first-order valence-electron chi connectivity index (χ1n) is 10.5. The molecule has 0 N–H and O–H groups in total. The van der Waals surface area contributed by atoms with Crippen molar-refractivity contribution in [3.8, 4) is 0 Å². The van der Waals surface area contributed by atoms with Crippen LogP contribution >= 0.6 is 23.2 Å². The van der Waals surface area contributed by atoms with Crippen molar-refractivity contribution in [2.75, 3.05) is 6.73 Å². The number of benzene rings is 2. The zero-order valence-corrected chi connectivity index (χ0v) is 19.8. The van der Waals surface area contributed by atoms with Crippen LogP contribution in [0.25, 0.3) is 0 Å². The molecule has 11 heteroatoms. The van der Waals surface area contributed by atoms with E-state index in [4.69, 9.17) is 27.9 Å². The van der Waals surface area contributed by atoms with Gasteiger partial charge >= 0.3 is 6.18 Å². The summed E-state index contributed by atoms with van der Waals surface area (Å²) in [6.45, 7) is 4.29. The Labute approximate surface area is 203 Å². The van der Waals surface area contributed by atoms with Gasteiger partial charge in [0.2, 0.25) is 11.4 Å². The summed E-state index contributed by atoms with van der Waals surface area (Å²) in [4.78, 5) is 14.0. The van der Waals surface area contributed by atoms with Gasteiger partial charge in [-0.2, -0.15) is 23.4 Å². The molecule has 2 unspecified atom stereocenters. The van der Waals surface area contributed by atoms with Crippen LogP contribution in [0.3, 0.4) is 0 Å². The van der Waals surface area contributed by atoms with Gasteiger partial charge < -0.3 is 9.64 Å². The van der Waals surface area contributed by atoms with E-state index in [9.17, 15) is 22.4 Å². The molecule has 2 heterocycles. The van der Waals surface area contributed by atoms with Gasteiger partial charge in [-0.05, 0) is 34.4 Å². The Hall–Kier alpha value is -2.23. The van der Waals surface area contributed by atoms with Gasteiger partial charge in [-0.25, -0.2) is 4.39 Å². The molecule has 0 aliphatic carbocycles. The number of rotatable bonds is 3. The van der Waals surface area contributed by atoms with Crippen LogP contribution in [0, 0.1) is 11.7 Å². The summed E-state index contributed by atoms with van der Waals surface area (Å²) in [6.07, 6.45) is -5.34. The van der Waals surface area contributed by atoms with Gasteiger partial charge in [0.05, 0.1) is 22.7 Å². The minimum Gasteiger partial charge on any atom is -0.356 e. The molecule has 0 spiro atoms. The Morgan fingerprint density at radius 2 is 1.85 bits per heavy atom. The second-order valence-corrected chi connectivity index (χ2v) is 9.56. The number of nitrogens with zero attached hydrogens (tertiary/aromatic N) is 3. The predicted molar refractivity (Wildman–Crippen MR) is 118 cm³/mol. The summed E-state index contributed by atoms with van der Waals surface area (Å²) in [5, 5.41) is 6.54. The number of carbonyl (C=O) groups excluding carboxylic acids is 1. The lowest BCUT2D eigenvalue weighted by Gasteiger charge is -2.29. The first-order chi connectivity index (χ1) is 15.9. The second kappa shape index (κ2) is 9.09. The summed E-state index contributed by atoms with van der Waals surface area (Å²) in [6, 6.07) is 6.08. The third-order valence-electron chi connectivity index (χ3n) is 6.07. The van der Waals surface area contributed by atoms with Crippen molar-refractivity contribution >= 4 is 29.1 Å². The van der Waals surface area contributed by atoms with Crippen molar-refractivity contribution in [1.82, 2.24) is 4.90 Å². The summed E-state index contributed by atoms with van der Waals surface area (Å²) in [5.41, 5.74) is -0.931. The number of azo groups is 1. The van der Waals surface area contributed by atoms with Crippen LogP contribution in [0.5, 0.6) is 0 Å². The summed E-state index contributed by atoms with van der Waals surface area (Å²) < 4.78 is 62.3. The number of alkyl halides is 3. The Morgan fingerprint density at radius 3 is 2.47 bits per heavy atom. The topological polar surface area (TPSA) is 54.3 Å². The van der Waals surface area contributed by atoms with E-state index in [1.807, 2.05) is 0 Å². The van der Waals surface area contributed by atoms with Crippen LogP contribution in [-0.4, -0.2) is 23.7 Å². The average molecular weight is 518 g/mol. The van der Waals surface area contributed by atoms with E-state index >= 15 is 0 Å². The van der Waals surface area contributed by atoms with Crippen molar-refractivity contribution < 1.29 is 27.1 Å². The molecule has 34 heavy (non-hydrogen) atoms. The lowest BCUT2D eigenvalue weighted by Crippen LogP contribution is -2.39. The van der Waals surface area contributed by atoms with Gasteiger partial charge in [0.1, 0.15) is 6.73 Å². The molecule has 1 amide bonds. The molecule has 0 bridgehead atoms. The van der Waals surface area contributed by atoms with E-state index in [2.05, 4.69) is 10.2 Å². The van der Waals surface area contributed by atoms with Crippen LogP contribution in [0.2, 0.25) is 10.0 Å². The van der Waals surface area contributed by atoms with Gasteiger partial charge in [-0.3, -0.25) is 4.79 Å². The van der Waals surface area contributed by atoms with Gasteiger partial charge in [0.15, 0.2) is 5.82 Å². The molecule has 0 saturated carbocycles. The van der Waals surface area contributed by atoms with Crippen molar-refractivity contribution in [3.63, 3.8) is 0 Å². The first-order valence-corrected chi connectivity index (χ1v) is 11.3. The second-order valence-electron chi connectivity index (χ2n) is 8.74. The molecular weight excluding hydrogens is 497 g/mol. The third kappa shape index (κ3) is 4.41. The smallest absolute Gasteiger partial charge is 0.356 e. The highest BCUT2D eigenvalue weighted by Gasteiger charge is 2.60. The fraction of sp³-hybridized carbons (Fsp3) is 0.435. The molecule has 2 aliphatic heterocycles. The van der Waals surface area contributed by atoms with Crippen molar-refractivity contribution in [3.05, 3.63) is 68.4 Å². The molecule has 0 radical (unpaired) electrons. The number of fused-ring (bicyclic) bond motifs is 1. The lowest BCUT2D eigenvalue weighted by molar-refractivity contribution is -0.188. The predicted octanol–water partition coefficient (Wildman–Crippen LogP) is 6.96. The number of amides is 1. The van der Waals surface area contributed by atoms with Gasteiger partial charge in [-0.15, -0.1) is 0 Å². The standard InChI is InChI=1S/C23H21Cl2F4N3O2/c1-12(2)21(33)32-9-14-4-3-13(5-15(14)10-34-11-32)19-8-22(31-30-19,23(27,28)29)16-6-17(24)20(26)18(25)7-16/h3-7,12,19H,8-11H2,1-2H3. The fourth-order valence-corrected chi connectivity index (χ4v) is 4.67. The van der Waals surface area contributed by atoms with Crippen LogP contribution in [0.1, 0.15) is 48.6 Å². The van der Waals surface area contributed by atoms with Crippen LogP contribution in [0.15, 0.2) is 40.6 Å². The van der Waals surface area contributed by atoms with E-state index in [1.54, 1.807) is 36.9 Å². The Kier molecular flexibility index (Phi) is 6.65. The molecule has 2 atom stereocenters. The van der Waals surface area contributed by atoms with E-state index in [-0.39, 0.29) is 30.7 Å². The molecule has 2 aromatic rings. The monoisotopic (exact) mass is 517 g/mol.